The minimum Gasteiger partial charge on any atom is -0.475 e. The lowest BCUT2D eigenvalue weighted by Gasteiger charge is -2.23. The molecule has 10 heteroatoms. The van der Waals surface area contributed by atoms with E-state index in [2.05, 4.69) is 4.99 Å². The number of hydrogen-bond acceptors (Lipinski definition) is 8. The maximum Gasteiger partial charge on any atom is 0.297 e. The number of rotatable bonds is 9. The summed E-state index contributed by atoms with van der Waals surface area (Å²) in [5.41, 5.74) is 1.06. The van der Waals surface area contributed by atoms with Crippen molar-refractivity contribution >= 4 is 26.1 Å². The van der Waals surface area contributed by atoms with Crippen molar-refractivity contribution in [3.05, 3.63) is 95.6 Å². The molecule has 0 unspecified atom stereocenters. The van der Waals surface area contributed by atoms with Gasteiger partial charge < -0.3 is 4.74 Å². The molecule has 0 saturated heterocycles. The molecule has 0 radical (unpaired) electrons. The Morgan fingerprint density at radius 2 is 1.20 bits per heavy atom. The molecular formula is C25H25NO7S2. The molecule has 0 saturated carbocycles. The van der Waals surface area contributed by atoms with Crippen LogP contribution in [0.4, 0.5) is 0 Å². The Bertz CT molecular complexity index is 1340. The van der Waals surface area contributed by atoms with Crippen molar-refractivity contribution in [3.63, 3.8) is 0 Å². The van der Waals surface area contributed by atoms with Gasteiger partial charge in [-0.15, -0.1) is 0 Å². The van der Waals surface area contributed by atoms with E-state index in [1.165, 1.54) is 24.3 Å². The van der Waals surface area contributed by atoms with Crippen LogP contribution < -0.4 is 0 Å². The van der Waals surface area contributed by atoms with Crippen LogP contribution in [0.15, 0.2) is 93.6 Å². The van der Waals surface area contributed by atoms with Crippen molar-refractivity contribution in [2.24, 2.45) is 4.99 Å². The van der Waals surface area contributed by atoms with E-state index in [9.17, 15) is 16.8 Å². The molecule has 0 atom stereocenters. The smallest absolute Gasteiger partial charge is 0.297 e. The van der Waals surface area contributed by atoms with E-state index >= 15 is 0 Å². The summed E-state index contributed by atoms with van der Waals surface area (Å²) >= 11 is 0. The summed E-state index contributed by atoms with van der Waals surface area (Å²) in [7, 11) is -8.25. The van der Waals surface area contributed by atoms with E-state index in [4.69, 9.17) is 13.1 Å². The average Bonchev–Trinajstić information content (AvgIpc) is 3.28. The largest absolute Gasteiger partial charge is 0.475 e. The summed E-state index contributed by atoms with van der Waals surface area (Å²) in [6, 6.07) is 21.4. The van der Waals surface area contributed by atoms with Crippen molar-refractivity contribution in [1.82, 2.24) is 0 Å². The maximum atomic E-state index is 12.8. The van der Waals surface area contributed by atoms with Crippen LogP contribution >= 0.6 is 0 Å². The highest BCUT2D eigenvalue weighted by molar-refractivity contribution is 7.87. The molecule has 0 N–H and O–H groups in total. The highest BCUT2D eigenvalue weighted by atomic mass is 32.2. The predicted octanol–water partition coefficient (Wildman–Crippen LogP) is 3.63. The normalized spacial score (nSPS) is 15.4. The highest BCUT2D eigenvalue weighted by Crippen LogP contribution is 2.27. The van der Waals surface area contributed by atoms with Crippen molar-refractivity contribution in [2.75, 3.05) is 19.8 Å². The third kappa shape index (κ3) is 5.96. The van der Waals surface area contributed by atoms with Gasteiger partial charge in [0, 0.05) is 5.56 Å². The highest BCUT2D eigenvalue weighted by Gasteiger charge is 2.41. The summed E-state index contributed by atoms with van der Waals surface area (Å²) in [6.45, 7) is 2.62. The first-order valence-electron chi connectivity index (χ1n) is 10.8. The van der Waals surface area contributed by atoms with Crippen LogP contribution in [0.2, 0.25) is 0 Å². The summed E-state index contributed by atoms with van der Waals surface area (Å²) in [6.07, 6.45) is 0. The molecule has 1 aliphatic rings. The van der Waals surface area contributed by atoms with Gasteiger partial charge in [-0.1, -0.05) is 53.6 Å². The summed E-state index contributed by atoms with van der Waals surface area (Å²) in [5.74, 6) is 0.248. The van der Waals surface area contributed by atoms with Crippen LogP contribution in [0.25, 0.3) is 0 Å². The predicted molar refractivity (Wildman–Crippen MR) is 130 cm³/mol. The molecule has 0 aliphatic carbocycles. The van der Waals surface area contributed by atoms with Crippen LogP contribution in [0, 0.1) is 13.8 Å². The molecule has 4 rings (SSSR count). The first kappa shape index (κ1) is 25.1. The molecule has 1 aliphatic heterocycles. The second-order valence-electron chi connectivity index (χ2n) is 8.35. The average molecular weight is 516 g/mol. The minimum absolute atomic E-state index is 0.0161. The summed E-state index contributed by atoms with van der Waals surface area (Å²) in [5, 5.41) is 0. The molecule has 3 aromatic rings. The van der Waals surface area contributed by atoms with Crippen molar-refractivity contribution in [3.8, 4) is 0 Å². The molecule has 0 spiro atoms. The lowest BCUT2D eigenvalue weighted by Crippen LogP contribution is -2.41. The van der Waals surface area contributed by atoms with E-state index in [1.54, 1.807) is 48.5 Å². The topological polar surface area (TPSA) is 108 Å². The minimum atomic E-state index is -4.13. The Morgan fingerprint density at radius 1 is 0.743 bits per heavy atom. The number of nitrogens with zero attached hydrogens (tertiary/aromatic N) is 1. The summed E-state index contributed by atoms with van der Waals surface area (Å²) < 4.78 is 67.5. The quantitative estimate of drug-likeness (QED) is 0.401. The molecular weight excluding hydrogens is 490 g/mol. The van der Waals surface area contributed by atoms with E-state index in [-0.39, 0.29) is 22.3 Å². The van der Waals surface area contributed by atoms with Gasteiger partial charge in [-0.3, -0.25) is 8.37 Å². The van der Waals surface area contributed by atoms with Gasteiger partial charge in [0.1, 0.15) is 12.1 Å². The summed E-state index contributed by atoms with van der Waals surface area (Å²) in [4.78, 5) is 4.49. The van der Waals surface area contributed by atoms with Gasteiger partial charge in [0.05, 0.1) is 23.0 Å². The molecule has 3 aromatic carbocycles. The lowest BCUT2D eigenvalue weighted by molar-refractivity contribution is 0.124. The van der Waals surface area contributed by atoms with Crippen LogP contribution in [0.1, 0.15) is 16.7 Å². The Morgan fingerprint density at radius 3 is 1.66 bits per heavy atom. The van der Waals surface area contributed by atoms with Crippen LogP contribution in [0.3, 0.4) is 0 Å². The SMILES string of the molecule is Cc1ccc(S(=O)(=O)OCC2(COS(=O)(=O)c3ccc(C)cc3)COC(c3ccccc3)=N2)cc1. The van der Waals surface area contributed by atoms with Crippen LogP contribution in [-0.4, -0.2) is 48.1 Å². The van der Waals surface area contributed by atoms with Gasteiger partial charge >= 0.3 is 0 Å². The lowest BCUT2D eigenvalue weighted by atomic mass is 10.1. The standard InChI is InChI=1S/C25H25NO7S2/c1-19-8-12-22(13-9-19)34(27,28)32-17-25(16-31-24(26-25)21-6-4-3-5-7-21)18-33-35(29,30)23-14-10-20(2)11-15-23/h3-15H,16-18H2,1-2H3. The Balaban J connectivity index is 1.59. The fourth-order valence-electron chi connectivity index (χ4n) is 3.32. The van der Waals surface area contributed by atoms with Crippen molar-refractivity contribution in [2.45, 2.75) is 29.2 Å². The van der Waals surface area contributed by atoms with Crippen molar-refractivity contribution < 1.29 is 29.9 Å². The van der Waals surface area contributed by atoms with Gasteiger partial charge in [0.25, 0.3) is 20.2 Å². The number of benzene rings is 3. The Kier molecular flexibility index (Phi) is 7.09. The zero-order chi connectivity index (χ0) is 25.1. The molecule has 1 heterocycles. The fourth-order valence-corrected chi connectivity index (χ4v) is 5.28. The molecule has 184 valence electrons. The second kappa shape index (κ2) is 9.90. The van der Waals surface area contributed by atoms with Crippen molar-refractivity contribution in [1.29, 1.82) is 0 Å². The van der Waals surface area contributed by atoms with E-state index in [0.717, 1.165) is 11.1 Å². The molecule has 0 amide bonds. The number of ether oxygens (including phenoxy) is 1. The first-order valence-corrected chi connectivity index (χ1v) is 13.6. The van der Waals surface area contributed by atoms with Gasteiger partial charge in [-0.2, -0.15) is 16.8 Å². The van der Waals surface area contributed by atoms with Crippen LogP contribution in [-0.2, 0) is 33.3 Å². The molecule has 0 aromatic heterocycles. The molecule has 0 bridgehead atoms. The monoisotopic (exact) mass is 515 g/mol. The zero-order valence-corrected chi connectivity index (χ0v) is 20.9. The molecule has 8 nitrogen and oxygen atoms in total. The van der Waals surface area contributed by atoms with Gasteiger partial charge in [-0.05, 0) is 50.2 Å². The number of hydrogen-bond donors (Lipinski definition) is 0. The second-order valence-corrected chi connectivity index (χ2v) is 11.6. The molecule has 35 heavy (non-hydrogen) atoms. The Hall–Kier alpha value is -3.05. The van der Waals surface area contributed by atoms with Crippen LogP contribution in [0.5, 0.6) is 0 Å². The zero-order valence-electron chi connectivity index (χ0n) is 19.2. The third-order valence-corrected chi connectivity index (χ3v) is 7.98. The van der Waals surface area contributed by atoms with E-state index < -0.39 is 39.0 Å². The van der Waals surface area contributed by atoms with Gasteiger partial charge in [0.2, 0.25) is 5.90 Å². The van der Waals surface area contributed by atoms with E-state index in [0.29, 0.717) is 5.56 Å². The first-order chi connectivity index (χ1) is 16.6. The third-order valence-electron chi connectivity index (χ3n) is 5.42. The van der Waals surface area contributed by atoms with Gasteiger partial charge in [0.15, 0.2) is 0 Å². The Labute approximate surface area is 205 Å². The maximum absolute atomic E-state index is 12.8. The number of aliphatic imine (C=N–C) groups is 1. The van der Waals surface area contributed by atoms with E-state index in [1.807, 2.05) is 19.9 Å². The fraction of sp³-hybridized carbons (Fsp3) is 0.240. The number of aryl methyl sites for hydroxylation is 2. The van der Waals surface area contributed by atoms with Gasteiger partial charge in [-0.25, -0.2) is 4.99 Å². The molecule has 0 fully saturated rings.